The Bertz CT molecular complexity index is 678. The molecule has 4 nitrogen and oxygen atoms in total. The van der Waals surface area contributed by atoms with Crippen LogP contribution < -0.4 is 14.2 Å². The number of hydrogen-bond acceptors (Lipinski definition) is 4. The van der Waals surface area contributed by atoms with Gasteiger partial charge in [0.2, 0.25) is 0 Å². The van der Waals surface area contributed by atoms with Gasteiger partial charge in [0.1, 0.15) is 19.0 Å². The molecule has 0 spiro atoms. The maximum atomic E-state index is 8.95. The second-order valence-electron chi connectivity index (χ2n) is 4.61. The van der Waals surface area contributed by atoms with Crippen LogP contribution in [0.1, 0.15) is 11.1 Å². The van der Waals surface area contributed by atoms with E-state index >= 15 is 0 Å². The smallest absolute Gasteiger partial charge is 0.175 e. The molecule has 114 valence electrons. The number of methoxy groups -OCH3 is 1. The monoisotopic (exact) mass is 361 g/mol. The summed E-state index contributed by atoms with van der Waals surface area (Å²) in [5.74, 6) is 1.88. The molecular weight excluding hydrogens is 346 g/mol. The van der Waals surface area contributed by atoms with Crippen LogP contribution in [0.25, 0.3) is 0 Å². The largest absolute Gasteiger partial charge is 0.493 e. The van der Waals surface area contributed by atoms with Crippen LogP contribution in [0.15, 0.2) is 40.9 Å². The van der Waals surface area contributed by atoms with E-state index in [0.29, 0.717) is 34.7 Å². The van der Waals surface area contributed by atoms with Crippen LogP contribution in [-0.4, -0.2) is 20.3 Å². The zero-order valence-electron chi connectivity index (χ0n) is 12.4. The summed E-state index contributed by atoms with van der Waals surface area (Å²) in [6, 6.07) is 13.2. The number of nitrogens with zero attached hydrogens (tertiary/aromatic N) is 1. The third-order valence-corrected chi connectivity index (χ3v) is 3.57. The minimum atomic E-state index is 0.370. The van der Waals surface area contributed by atoms with E-state index in [9.17, 15) is 0 Å². The molecule has 2 rings (SSSR count). The number of ether oxygens (including phenoxy) is 3. The first-order valence-corrected chi connectivity index (χ1v) is 7.53. The molecule has 22 heavy (non-hydrogen) atoms. The molecule has 0 saturated heterocycles. The SMILES string of the molecule is COc1cc(C#N)cc(Br)c1OCCOc1ccc(C)cc1. The van der Waals surface area contributed by atoms with Crippen molar-refractivity contribution in [3.63, 3.8) is 0 Å². The summed E-state index contributed by atoms with van der Waals surface area (Å²) < 4.78 is 17.2. The van der Waals surface area contributed by atoms with E-state index in [1.807, 2.05) is 31.2 Å². The summed E-state index contributed by atoms with van der Waals surface area (Å²) >= 11 is 3.39. The minimum absolute atomic E-state index is 0.370. The van der Waals surface area contributed by atoms with Gasteiger partial charge in [0, 0.05) is 6.07 Å². The molecule has 0 aliphatic carbocycles. The van der Waals surface area contributed by atoms with Gasteiger partial charge in [-0.25, -0.2) is 0 Å². The Labute approximate surface area is 138 Å². The molecule has 0 amide bonds. The molecule has 2 aromatic rings. The van der Waals surface area contributed by atoms with Gasteiger partial charge in [-0.15, -0.1) is 0 Å². The summed E-state index contributed by atoms with van der Waals surface area (Å²) in [4.78, 5) is 0. The lowest BCUT2D eigenvalue weighted by atomic mass is 10.2. The molecule has 0 radical (unpaired) electrons. The highest BCUT2D eigenvalue weighted by molar-refractivity contribution is 9.10. The van der Waals surface area contributed by atoms with Gasteiger partial charge < -0.3 is 14.2 Å². The highest BCUT2D eigenvalue weighted by Crippen LogP contribution is 2.36. The first kappa shape index (κ1) is 16.2. The van der Waals surface area contributed by atoms with Gasteiger partial charge in [0.15, 0.2) is 11.5 Å². The predicted molar refractivity (Wildman–Crippen MR) is 87.6 cm³/mol. The van der Waals surface area contributed by atoms with Gasteiger partial charge in [-0.1, -0.05) is 17.7 Å². The van der Waals surface area contributed by atoms with E-state index in [1.54, 1.807) is 19.2 Å². The standard InChI is InChI=1S/C17H16BrNO3/c1-12-3-5-14(6-4-12)21-7-8-22-17-15(18)9-13(11-19)10-16(17)20-2/h3-6,9-10H,7-8H2,1-2H3. The van der Waals surface area contributed by atoms with Gasteiger partial charge in [-0.05, 0) is 41.1 Å². The van der Waals surface area contributed by atoms with Crippen molar-refractivity contribution < 1.29 is 14.2 Å². The van der Waals surface area contributed by atoms with Gasteiger partial charge in [0.25, 0.3) is 0 Å². The second kappa shape index (κ2) is 7.71. The zero-order valence-corrected chi connectivity index (χ0v) is 14.0. The van der Waals surface area contributed by atoms with E-state index in [4.69, 9.17) is 19.5 Å². The van der Waals surface area contributed by atoms with Crippen LogP contribution in [0.3, 0.4) is 0 Å². The fourth-order valence-corrected chi connectivity index (χ4v) is 2.42. The summed E-state index contributed by atoms with van der Waals surface area (Å²) in [6.07, 6.45) is 0. The van der Waals surface area contributed by atoms with Crippen molar-refractivity contribution in [2.24, 2.45) is 0 Å². The van der Waals surface area contributed by atoms with Crippen LogP contribution in [-0.2, 0) is 0 Å². The summed E-state index contributed by atoms with van der Waals surface area (Å²) in [5.41, 5.74) is 1.70. The molecule has 0 atom stereocenters. The van der Waals surface area contributed by atoms with Crippen molar-refractivity contribution in [2.45, 2.75) is 6.92 Å². The highest BCUT2D eigenvalue weighted by atomic mass is 79.9. The normalized spacial score (nSPS) is 9.91. The predicted octanol–water partition coefficient (Wildman–Crippen LogP) is 4.10. The molecule has 0 fully saturated rings. The quantitative estimate of drug-likeness (QED) is 0.727. The van der Waals surface area contributed by atoms with E-state index in [1.165, 1.54) is 5.56 Å². The Balaban J connectivity index is 1.94. The molecule has 5 heteroatoms. The lowest BCUT2D eigenvalue weighted by Gasteiger charge is -2.13. The molecular formula is C17H16BrNO3. The number of rotatable bonds is 6. The number of aryl methyl sites for hydroxylation is 1. The number of hydrogen-bond donors (Lipinski definition) is 0. The molecule has 0 bridgehead atoms. The molecule has 0 aliphatic rings. The van der Waals surface area contributed by atoms with Crippen molar-refractivity contribution in [2.75, 3.05) is 20.3 Å². The van der Waals surface area contributed by atoms with Gasteiger partial charge in [0.05, 0.1) is 23.2 Å². The topological polar surface area (TPSA) is 51.5 Å². The average molecular weight is 362 g/mol. The number of benzene rings is 2. The lowest BCUT2D eigenvalue weighted by molar-refractivity contribution is 0.210. The molecule has 0 aromatic heterocycles. The number of nitriles is 1. The Morgan fingerprint density at radius 2 is 1.77 bits per heavy atom. The van der Waals surface area contributed by atoms with E-state index in [2.05, 4.69) is 22.0 Å². The minimum Gasteiger partial charge on any atom is -0.493 e. The molecule has 0 heterocycles. The van der Waals surface area contributed by atoms with Crippen molar-refractivity contribution in [3.05, 3.63) is 52.0 Å². The van der Waals surface area contributed by atoms with Crippen molar-refractivity contribution in [3.8, 4) is 23.3 Å². The third-order valence-electron chi connectivity index (χ3n) is 2.98. The Morgan fingerprint density at radius 1 is 1.09 bits per heavy atom. The van der Waals surface area contributed by atoms with Crippen molar-refractivity contribution in [1.29, 1.82) is 5.26 Å². The van der Waals surface area contributed by atoms with E-state index < -0.39 is 0 Å². The summed E-state index contributed by atoms with van der Waals surface area (Å²) in [6.45, 7) is 2.81. The second-order valence-corrected chi connectivity index (χ2v) is 5.47. The van der Waals surface area contributed by atoms with Crippen LogP contribution in [0.5, 0.6) is 17.2 Å². The molecule has 0 saturated carbocycles. The highest BCUT2D eigenvalue weighted by Gasteiger charge is 2.11. The van der Waals surface area contributed by atoms with Crippen LogP contribution in [0.2, 0.25) is 0 Å². The first-order chi connectivity index (χ1) is 10.6. The van der Waals surface area contributed by atoms with Crippen LogP contribution >= 0.6 is 15.9 Å². The molecule has 0 unspecified atom stereocenters. The third kappa shape index (κ3) is 4.15. The summed E-state index contributed by atoms with van der Waals surface area (Å²) in [7, 11) is 1.54. The first-order valence-electron chi connectivity index (χ1n) is 6.74. The van der Waals surface area contributed by atoms with Gasteiger partial charge in [-0.2, -0.15) is 5.26 Å². The molecule has 0 aliphatic heterocycles. The van der Waals surface area contributed by atoms with Gasteiger partial charge >= 0.3 is 0 Å². The van der Waals surface area contributed by atoms with Crippen molar-refractivity contribution in [1.82, 2.24) is 0 Å². The van der Waals surface area contributed by atoms with Crippen molar-refractivity contribution >= 4 is 15.9 Å². The van der Waals surface area contributed by atoms with E-state index in [-0.39, 0.29) is 0 Å². The van der Waals surface area contributed by atoms with E-state index in [0.717, 1.165) is 5.75 Å². The lowest BCUT2D eigenvalue weighted by Crippen LogP contribution is -2.10. The fraction of sp³-hybridized carbons (Fsp3) is 0.235. The zero-order chi connectivity index (χ0) is 15.9. The Hall–Kier alpha value is -2.19. The maximum Gasteiger partial charge on any atom is 0.175 e. The van der Waals surface area contributed by atoms with Gasteiger partial charge in [-0.3, -0.25) is 0 Å². The van der Waals surface area contributed by atoms with Crippen LogP contribution in [0.4, 0.5) is 0 Å². The average Bonchev–Trinajstić information content (AvgIpc) is 2.53. The van der Waals surface area contributed by atoms with Crippen LogP contribution in [0, 0.1) is 18.3 Å². The fourth-order valence-electron chi connectivity index (χ4n) is 1.86. The Kier molecular flexibility index (Phi) is 5.68. The molecule has 2 aromatic carbocycles. The molecule has 0 N–H and O–H groups in total. The number of halogens is 1. The Morgan fingerprint density at radius 3 is 2.41 bits per heavy atom. The maximum absolute atomic E-state index is 8.95. The summed E-state index contributed by atoms with van der Waals surface area (Å²) in [5, 5.41) is 8.95.